The fourth-order valence-corrected chi connectivity index (χ4v) is 4.38. The van der Waals surface area contributed by atoms with E-state index in [1.807, 2.05) is 12.2 Å². The van der Waals surface area contributed by atoms with Crippen LogP contribution in [0.2, 0.25) is 0 Å². The van der Waals surface area contributed by atoms with Crippen LogP contribution in [0.15, 0.2) is 36.6 Å². The van der Waals surface area contributed by atoms with Crippen molar-refractivity contribution in [1.82, 2.24) is 10.0 Å². The van der Waals surface area contributed by atoms with Crippen LogP contribution in [-0.2, 0) is 14.4 Å². The predicted octanol–water partition coefficient (Wildman–Crippen LogP) is 2.17. The van der Waals surface area contributed by atoms with E-state index in [0.29, 0.717) is 6.42 Å². The van der Waals surface area contributed by atoms with Gasteiger partial charge in [0.15, 0.2) is 0 Å². The lowest BCUT2D eigenvalue weighted by atomic mass is 10.3. The Kier molecular flexibility index (Phi) is 6.14. The Morgan fingerprint density at radius 2 is 1.91 bits per heavy atom. The van der Waals surface area contributed by atoms with Gasteiger partial charge in [0.2, 0.25) is 0 Å². The normalized spacial score (nSPS) is 20.3. The molecule has 2 aliphatic heterocycles. The number of nitrogens with zero attached hydrogens (tertiary/aromatic N) is 2. The number of amides is 2. The largest absolute Gasteiger partial charge is 0.481 e. The average molecular weight is 340 g/mol. The second-order valence-corrected chi connectivity index (χ2v) is 7.19. The summed E-state index contributed by atoms with van der Waals surface area (Å²) in [6.45, 7) is 0. The quantitative estimate of drug-likeness (QED) is 0.412. The highest BCUT2D eigenvalue weighted by Crippen LogP contribution is 2.33. The molecule has 1 N–H and O–H groups in total. The van der Waals surface area contributed by atoms with Gasteiger partial charge in [-0.05, 0) is 25.0 Å². The summed E-state index contributed by atoms with van der Waals surface area (Å²) in [6.07, 6.45) is 11.4. The van der Waals surface area contributed by atoms with Crippen LogP contribution in [0.1, 0.15) is 19.3 Å². The maximum Gasteiger partial charge on any atom is 0.303 e. The van der Waals surface area contributed by atoms with Gasteiger partial charge in [-0.3, -0.25) is 19.4 Å². The lowest BCUT2D eigenvalue weighted by Gasteiger charge is -2.34. The van der Waals surface area contributed by atoms with Crippen LogP contribution < -0.4 is 0 Å². The van der Waals surface area contributed by atoms with Crippen LogP contribution in [-0.4, -0.2) is 44.0 Å². The summed E-state index contributed by atoms with van der Waals surface area (Å²) in [6, 6.07) is 0. The van der Waals surface area contributed by atoms with Crippen molar-refractivity contribution in [2.45, 2.75) is 24.6 Å². The fraction of sp³-hybridized carbons (Fsp3) is 0.357. The highest BCUT2D eigenvalue weighted by Gasteiger charge is 2.32. The van der Waals surface area contributed by atoms with Crippen molar-refractivity contribution >= 4 is 39.4 Å². The maximum absolute atomic E-state index is 11.8. The SMILES string of the molecule is O=C(O)CCCCSSC1C=CC=CN1N1C(=O)C=CC1=O. The molecule has 0 fully saturated rings. The number of carbonyl (C=O) groups is 3. The number of unbranched alkanes of at least 4 members (excludes halogenated alkanes) is 1. The summed E-state index contributed by atoms with van der Waals surface area (Å²) >= 11 is 0. The highest BCUT2D eigenvalue weighted by molar-refractivity contribution is 8.77. The van der Waals surface area contributed by atoms with E-state index in [4.69, 9.17) is 5.11 Å². The molecule has 22 heavy (non-hydrogen) atoms. The summed E-state index contributed by atoms with van der Waals surface area (Å²) in [4.78, 5) is 33.9. The van der Waals surface area contributed by atoms with Crippen molar-refractivity contribution in [1.29, 1.82) is 0 Å². The van der Waals surface area contributed by atoms with E-state index in [0.717, 1.165) is 17.2 Å². The lowest BCUT2D eigenvalue weighted by molar-refractivity contribution is -0.151. The summed E-state index contributed by atoms with van der Waals surface area (Å²) < 4.78 is 0. The molecule has 2 rings (SSSR count). The van der Waals surface area contributed by atoms with Crippen molar-refractivity contribution in [3.8, 4) is 0 Å². The second-order valence-electron chi connectivity index (χ2n) is 4.59. The molecule has 1 unspecified atom stereocenters. The van der Waals surface area contributed by atoms with Crippen LogP contribution >= 0.6 is 21.6 Å². The second kappa shape index (κ2) is 8.09. The van der Waals surface area contributed by atoms with Gasteiger partial charge in [0, 0.05) is 30.5 Å². The molecule has 0 aromatic rings. The highest BCUT2D eigenvalue weighted by atomic mass is 33.1. The Labute approximate surface area is 136 Å². The molecule has 2 heterocycles. The molecule has 2 amide bonds. The van der Waals surface area contributed by atoms with E-state index in [-0.39, 0.29) is 23.6 Å². The van der Waals surface area contributed by atoms with Gasteiger partial charge in [-0.15, -0.1) is 0 Å². The van der Waals surface area contributed by atoms with Gasteiger partial charge >= 0.3 is 5.97 Å². The minimum absolute atomic E-state index is 0.151. The van der Waals surface area contributed by atoms with E-state index < -0.39 is 5.97 Å². The van der Waals surface area contributed by atoms with Gasteiger partial charge in [-0.2, -0.15) is 5.01 Å². The van der Waals surface area contributed by atoms with Crippen LogP contribution in [0.5, 0.6) is 0 Å². The van der Waals surface area contributed by atoms with E-state index >= 15 is 0 Å². The summed E-state index contributed by atoms with van der Waals surface area (Å²) in [7, 11) is 3.14. The summed E-state index contributed by atoms with van der Waals surface area (Å²) in [5.41, 5.74) is 0. The molecular weight excluding hydrogens is 324 g/mol. The van der Waals surface area contributed by atoms with E-state index in [1.165, 1.54) is 22.9 Å². The smallest absolute Gasteiger partial charge is 0.303 e. The van der Waals surface area contributed by atoms with Crippen LogP contribution in [0.25, 0.3) is 0 Å². The number of carboxylic acids is 1. The van der Waals surface area contributed by atoms with Crippen LogP contribution in [0.4, 0.5) is 0 Å². The molecule has 0 saturated heterocycles. The molecule has 8 heteroatoms. The first-order chi connectivity index (χ1) is 10.6. The number of hydrazine groups is 1. The third-order valence-corrected chi connectivity index (χ3v) is 5.60. The topological polar surface area (TPSA) is 77.9 Å². The van der Waals surface area contributed by atoms with Gasteiger partial charge in [0.25, 0.3) is 11.8 Å². The van der Waals surface area contributed by atoms with Crippen molar-refractivity contribution in [2.75, 3.05) is 5.75 Å². The van der Waals surface area contributed by atoms with Crippen LogP contribution in [0, 0.1) is 0 Å². The number of hydrogen-bond acceptors (Lipinski definition) is 6. The summed E-state index contributed by atoms with van der Waals surface area (Å²) in [5, 5.41) is 11.1. The third kappa shape index (κ3) is 4.41. The molecule has 0 bridgehead atoms. The first-order valence-corrected chi connectivity index (χ1v) is 9.17. The monoisotopic (exact) mass is 340 g/mol. The molecule has 0 spiro atoms. The molecule has 118 valence electrons. The maximum atomic E-state index is 11.8. The zero-order valence-electron chi connectivity index (χ0n) is 11.8. The number of hydrogen-bond donors (Lipinski definition) is 1. The molecule has 0 aromatic heterocycles. The fourth-order valence-electron chi connectivity index (χ4n) is 1.90. The zero-order chi connectivity index (χ0) is 15.9. The minimum Gasteiger partial charge on any atom is -0.481 e. The lowest BCUT2D eigenvalue weighted by Crippen LogP contribution is -2.47. The minimum atomic E-state index is -0.775. The number of allylic oxidation sites excluding steroid dienone is 2. The van der Waals surface area contributed by atoms with E-state index in [9.17, 15) is 14.4 Å². The Morgan fingerprint density at radius 1 is 1.18 bits per heavy atom. The average Bonchev–Trinajstić information content (AvgIpc) is 2.82. The number of carboxylic acid groups (broad SMARTS) is 1. The van der Waals surface area contributed by atoms with Crippen molar-refractivity contribution in [3.63, 3.8) is 0 Å². The van der Waals surface area contributed by atoms with E-state index in [1.54, 1.807) is 28.1 Å². The van der Waals surface area contributed by atoms with Crippen LogP contribution in [0.3, 0.4) is 0 Å². The first kappa shape index (κ1) is 16.7. The molecule has 6 nitrogen and oxygen atoms in total. The number of rotatable bonds is 8. The molecule has 0 aromatic carbocycles. The zero-order valence-corrected chi connectivity index (χ0v) is 13.4. The standard InChI is InChI=1S/C14H16N2O4S2/c17-11-7-8-12(18)16(11)15-9-3-1-5-13(15)22-21-10-4-2-6-14(19)20/h1,3,5,7-9,13H,2,4,6,10H2,(H,19,20). The summed E-state index contributed by atoms with van der Waals surface area (Å²) in [5.74, 6) is -0.647. The van der Waals surface area contributed by atoms with Gasteiger partial charge in [0.1, 0.15) is 5.37 Å². The van der Waals surface area contributed by atoms with Gasteiger partial charge in [0.05, 0.1) is 0 Å². The van der Waals surface area contributed by atoms with Crippen molar-refractivity contribution < 1.29 is 19.5 Å². The number of aliphatic carboxylic acids is 1. The number of imide groups is 1. The first-order valence-electron chi connectivity index (χ1n) is 6.79. The van der Waals surface area contributed by atoms with Gasteiger partial charge < -0.3 is 5.11 Å². The van der Waals surface area contributed by atoms with Crippen molar-refractivity contribution in [2.24, 2.45) is 0 Å². The van der Waals surface area contributed by atoms with Gasteiger partial charge in [-0.25, -0.2) is 0 Å². The van der Waals surface area contributed by atoms with Gasteiger partial charge in [-0.1, -0.05) is 27.7 Å². The molecular formula is C14H16N2O4S2. The molecule has 0 saturated carbocycles. The van der Waals surface area contributed by atoms with E-state index in [2.05, 4.69) is 0 Å². The Balaban J connectivity index is 1.80. The Bertz CT molecular complexity index is 527. The van der Waals surface area contributed by atoms with Crippen molar-refractivity contribution in [3.05, 3.63) is 36.6 Å². The molecule has 1 atom stereocenters. The Morgan fingerprint density at radius 3 is 2.59 bits per heavy atom. The predicted molar refractivity (Wildman–Crippen MR) is 86.4 cm³/mol. The third-order valence-electron chi connectivity index (χ3n) is 2.94. The molecule has 0 aliphatic carbocycles. The molecule has 2 aliphatic rings. The Hall–Kier alpha value is -1.67. The molecule has 0 radical (unpaired) electrons. The number of carbonyl (C=O) groups excluding carboxylic acids is 2.